The van der Waals surface area contributed by atoms with Crippen LogP contribution in [0.15, 0.2) is 48.7 Å². The molecular weight excluding hydrogens is 250 g/mol. The smallest absolute Gasteiger partial charge is 0.162 e. The molecule has 2 heterocycles. The topological polar surface area (TPSA) is 55.6 Å². The maximum atomic E-state index is 4.61. The van der Waals surface area contributed by atoms with Gasteiger partial charge in [-0.15, -0.1) is 0 Å². The van der Waals surface area contributed by atoms with Crippen molar-refractivity contribution in [1.29, 1.82) is 0 Å². The van der Waals surface area contributed by atoms with Gasteiger partial charge < -0.3 is 5.32 Å². The molecule has 0 bridgehead atoms. The van der Waals surface area contributed by atoms with E-state index >= 15 is 0 Å². The van der Waals surface area contributed by atoms with E-state index in [0.29, 0.717) is 5.82 Å². The van der Waals surface area contributed by atoms with Gasteiger partial charge in [-0.3, -0.25) is 4.68 Å². The van der Waals surface area contributed by atoms with E-state index in [-0.39, 0.29) is 0 Å². The first-order chi connectivity index (χ1) is 9.76. The lowest BCUT2D eigenvalue weighted by Crippen LogP contribution is -1.99. The van der Waals surface area contributed by atoms with Crippen LogP contribution in [0.4, 0.5) is 5.82 Å². The largest absolute Gasteiger partial charge is 0.373 e. The van der Waals surface area contributed by atoms with Gasteiger partial charge in [0, 0.05) is 31.9 Å². The molecule has 3 aromatic rings. The van der Waals surface area contributed by atoms with E-state index in [9.17, 15) is 0 Å². The van der Waals surface area contributed by atoms with Crippen molar-refractivity contribution >= 4 is 5.82 Å². The quantitative estimate of drug-likeness (QED) is 0.791. The van der Waals surface area contributed by atoms with Gasteiger partial charge in [0.15, 0.2) is 5.82 Å². The predicted molar refractivity (Wildman–Crippen MR) is 79.2 cm³/mol. The number of nitrogens with one attached hydrogen (secondary N) is 1. The van der Waals surface area contributed by atoms with Crippen LogP contribution in [0.2, 0.25) is 0 Å². The molecule has 0 radical (unpaired) electrons. The molecule has 100 valence electrons. The van der Waals surface area contributed by atoms with Gasteiger partial charge in [-0.05, 0) is 6.07 Å². The minimum absolute atomic E-state index is 0.693. The Hall–Kier alpha value is -2.69. The second kappa shape index (κ2) is 5.13. The highest BCUT2D eigenvalue weighted by molar-refractivity contribution is 5.65. The lowest BCUT2D eigenvalue weighted by Gasteiger charge is -2.06. The Balaban J connectivity index is 2.12. The third-order valence-corrected chi connectivity index (χ3v) is 2.99. The first-order valence-electron chi connectivity index (χ1n) is 6.38. The van der Waals surface area contributed by atoms with Crippen LogP contribution in [0.25, 0.3) is 22.8 Å². The molecule has 0 saturated heterocycles. The molecule has 0 unspecified atom stereocenters. The highest BCUT2D eigenvalue weighted by atomic mass is 15.3. The van der Waals surface area contributed by atoms with Crippen molar-refractivity contribution in [2.75, 3.05) is 12.4 Å². The molecular formula is C15H15N5. The van der Waals surface area contributed by atoms with Gasteiger partial charge in [0.25, 0.3) is 0 Å². The van der Waals surface area contributed by atoms with Crippen LogP contribution in [0.1, 0.15) is 0 Å². The number of aromatic nitrogens is 4. The van der Waals surface area contributed by atoms with Crippen LogP contribution in [0.5, 0.6) is 0 Å². The minimum Gasteiger partial charge on any atom is -0.373 e. The molecule has 0 atom stereocenters. The van der Waals surface area contributed by atoms with Crippen molar-refractivity contribution in [3.63, 3.8) is 0 Å². The zero-order valence-corrected chi connectivity index (χ0v) is 11.4. The summed E-state index contributed by atoms with van der Waals surface area (Å²) in [5, 5.41) is 7.46. The summed E-state index contributed by atoms with van der Waals surface area (Å²) in [5.74, 6) is 1.47. The zero-order chi connectivity index (χ0) is 13.9. The van der Waals surface area contributed by atoms with Gasteiger partial charge in [0.1, 0.15) is 11.5 Å². The fraction of sp³-hybridized carbons (Fsp3) is 0.133. The molecule has 0 amide bonds. The second-order valence-corrected chi connectivity index (χ2v) is 4.45. The van der Waals surface area contributed by atoms with E-state index < -0.39 is 0 Å². The fourth-order valence-electron chi connectivity index (χ4n) is 1.97. The average molecular weight is 265 g/mol. The van der Waals surface area contributed by atoms with Crippen LogP contribution < -0.4 is 5.32 Å². The molecule has 1 aromatic carbocycles. The number of rotatable bonds is 3. The number of nitrogens with zero attached hydrogens (tertiary/aromatic N) is 4. The van der Waals surface area contributed by atoms with E-state index in [4.69, 9.17) is 0 Å². The first kappa shape index (κ1) is 12.3. The fourth-order valence-corrected chi connectivity index (χ4v) is 1.97. The Morgan fingerprint density at radius 2 is 1.80 bits per heavy atom. The summed E-state index contributed by atoms with van der Waals surface area (Å²) in [6.07, 6.45) is 1.90. The standard InChI is InChI=1S/C15H15N5/c1-16-14-10-13(12-8-9-20(2)19-12)17-15(18-14)11-6-4-3-5-7-11/h3-10H,1-2H3,(H,16,17,18). The maximum absolute atomic E-state index is 4.61. The van der Waals surface area contributed by atoms with Crippen molar-refractivity contribution in [2.24, 2.45) is 7.05 Å². The van der Waals surface area contributed by atoms with Gasteiger partial charge >= 0.3 is 0 Å². The Morgan fingerprint density at radius 3 is 2.45 bits per heavy atom. The number of hydrogen-bond acceptors (Lipinski definition) is 4. The van der Waals surface area contributed by atoms with E-state index in [1.807, 2.05) is 62.8 Å². The molecule has 5 nitrogen and oxygen atoms in total. The number of aryl methyl sites for hydroxylation is 1. The Morgan fingerprint density at radius 1 is 1.00 bits per heavy atom. The van der Waals surface area contributed by atoms with E-state index in [0.717, 1.165) is 22.8 Å². The Bertz CT molecular complexity index is 718. The van der Waals surface area contributed by atoms with Crippen LogP contribution in [0.3, 0.4) is 0 Å². The molecule has 5 heteroatoms. The van der Waals surface area contributed by atoms with Crippen molar-refractivity contribution in [3.8, 4) is 22.8 Å². The molecule has 0 spiro atoms. The van der Waals surface area contributed by atoms with Gasteiger partial charge in [-0.25, -0.2) is 9.97 Å². The van der Waals surface area contributed by atoms with Gasteiger partial charge in [-0.1, -0.05) is 30.3 Å². The van der Waals surface area contributed by atoms with E-state index in [1.54, 1.807) is 4.68 Å². The SMILES string of the molecule is CNc1cc(-c2ccn(C)n2)nc(-c2ccccc2)n1. The van der Waals surface area contributed by atoms with Crippen LogP contribution >= 0.6 is 0 Å². The zero-order valence-electron chi connectivity index (χ0n) is 11.4. The number of anilines is 1. The lowest BCUT2D eigenvalue weighted by atomic mass is 10.2. The highest BCUT2D eigenvalue weighted by Crippen LogP contribution is 2.22. The molecule has 0 aliphatic carbocycles. The third-order valence-electron chi connectivity index (χ3n) is 2.99. The van der Waals surface area contributed by atoms with E-state index in [2.05, 4.69) is 20.4 Å². The van der Waals surface area contributed by atoms with Gasteiger partial charge in [0.2, 0.25) is 0 Å². The lowest BCUT2D eigenvalue weighted by molar-refractivity contribution is 0.770. The van der Waals surface area contributed by atoms with Gasteiger partial charge in [-0.2, -0.15) is 5.10 Å². The summed E-state index contributed by atoms with van der Waals surface area (Å²) in [5.41, 5.74) is 2.63. The average Bonchev–Trinajstić information content (AvgIpc) is 2.94. The summed E-state index contributed by atoms with van der Waals surface area (Å²) < 4.78 is 1.76. The van der Waals surface area contributed by atoms with Crippen molar-refractivity contribution in [1.82, 2.24) is 19.7 Å². The highest BCUT2D eigenvalue weighted by Gasteiger charge is 2.09. The van der Waals surface area contributed by atoms with Crippen molar-refractivity contribution < 1.29 is 0 Å². The summed E-state index contributed by atoms with van der Waals surface area (Å²) in [6.45, 7) is 0. The second-order valence-electron chi connectivity index (χ2n) is 4.45. The first-order valence-corrected chi connectivity index (χ1v) is 6.38. The number of benzene rings is 1. The molecule has 2 aromatic heterocycles. The summed E-state index contributed by atoms with van der Waals surface area (Å²) in [7, 11) is 3.74. The van der Waals surface area contributed by atoms with Crippen molar-refractivity contribution in [3.05, 3.63) is 48.7 Å². The van der Waals surface area contributed by atoms with Crippen LogP contribution in [0, 0.1) is 0 Å². The molecule has 1 N–H and O–H groups in total. The molecule has 0 aliphatic rings. The molecule has 3 rings (SSSR count). The van der Waals surface area contributed by atoms with Gasteiger partial charge in [0.05, 0.1) is 5.69 Å². The van der Waals surface area contributed by atoms with Crippen molar-refractivity contribution in [2.45, 2.75) is 0 Å². The van der Waals surface area contributed by atoms with E-state index in [1.165, 1.54) is 0 Å². The monoisotopic (exact) mass is 265 g/mol. The normalized spacial score (nSPS) is 10.5. The summed E-state index contributed by atoms with van der Waals surface area (Å²) in [4.78, 5) is 9.11. The molecule has 0 saturated carbocycles. The summed E-state index contributed by atoms with van der Waals surface area (Å²) in [6, 6.07) is 13.8. The maximum Gasteiger partial charge on any atom is 0.162 e. The summed E-state index contributed by atoms with van der Waals surface area (Å²) >= 11 is 0. The number of hydrogen-bond donors (Lipinski definition) is 1. The Kier molecular flexibility index (Phi) is 3.16. The third kappa shape index (κ3) is 2.38. The molecule has 0 aliphatic heterocycles. The predicted octanol–water partition coefficient (Wildman–Crippen LogP) is 2.59. The molecule has 0 fully saturated rings. The van der Waals surface area contributed by atoms with Crippen LogP contribution in [-0.4, -0.2) is 26.8 Å². The Labute approximate surface area is 117 Å². The van der Waals surface area contributed by atoms with Crippen LogP contribution in [-0.2, 0) is 7.05 Å². The molecule has 20 heavy (non-hydrogen) atoms. The minimum atomic E-state index is 0.693.